The molecule has 1 aliphatic carbocycles. The summed E-state index contributed by atoms with van der Waals surface area (Å²) in [5, 5.41) is 12.2. The molecule has 0 saturated heterocycles. The van der Waals surface area contributed by atoms with Gasteiger partial charge in [-0.25, -0.2) is 4.79 Å². The van der Waals surface area contributed by atoms with Crippen LogP contribution in [0.4, 0.5) is 13.2 Å². The second-order valence-corrected chi connectivity index (χ2v) is 8.16. The average molecular weight is 493 g/mol. The number of benzene rings is 2. The van der Waals surface area contributed by atoms with Crippen LogP contribution in [-0.4, -0.2) is 36.0 Å². The number of nitrogens with one attached hydrogen (secondary N) is 1. The van der Waals surface area contributed by atoms with Crippen molar-refractivity contribution in [2.75, 3.05) is 7.11 Å². The lowest BCUT2D eigenvalue weighted by atomic mass is 9.81. The zero-order valence-corrected chi connectivity index (χ0v) is 19.1. The fraction of sp³-hybridized carbons (Fsp3) is 0.360. The molecule has 1 aliphatic rings. The predicted octanol–water partition coefficient (Wildman–Crippen LogP) is 5.09. The third-order valence-electron chi connectivity index (χ3n) is 5.65. The molecular weight excluding hydrogens is 467 g/mol. The van der Waals surface area contributed by atoms with Gasteiger partial charge in [-0.2, -0.15) is 0 Å². The van der Waals surface area contributed by atoms with Crippen LogP contribution >= 0.6 is 0 Å². The van der Waals surface area contributed by atoms with E-state index in [4.69, 9.17) is 9.47 Å². The Bertz CT molecular complexity index is 1060. The van der Waals surface area contributed by atoms with Crippen LogP contribution in [0, 0.1) is 0 Å². The van der Waals surface area contributed by atoms with Gasteiger partial charge < -0.3 is 24.6 Å². The molecule has 0 heterocycles. The Morgan fingerprint density at radius 1 is 1.06 bits per heavy atom. The fourth-order valence-electron chi connectivity index (χ4n) is 3.85. The van der Waals surface area contributed by atoms with Gasteiger partial charge >= 0.3 is 12.3 Å². The molecule has 7 nitrogen and oxygen atoms in total. The number of carbonyl (C=O) groups excluding carboxylic acids is 1. The first-order chi connectivity index (χ1) is 16.6. The summed E-state index contributed by atoms with van der Waals surface area (Å²) in [6.07, 6.45) is 1.32. The third kappa shape index (κ3) is 7.40. The summed E-state index contributed by atoms with van der Waals surface area (Å²) in [4.78, 5) is 24.1. The molecule has 2 N–H and O–H groups in total. The third-order valence-corrected chi connectivity index (χ3v) is 5.65. The largest absolute Gasteiger partial charge is 0.573 e. The predicted molar refractivity (Wildman–Crippen MR) is 121 cm³/mol. The molecule has 0 radical (unpaired) electrons. The maximum Gasteiger partial charge on any atom is 0.573 e. The Morgan fingerprint density at radius 3 is 2.34 bits per heavy atom. The van der Waals surface area contributed by atoms with Crippen molar-refractivity contribution in [3.63, 3.8) is 0 Å². The van der Waals surface area contributed by atoms with Gasteiger partial charge in [-0.1, -0.05) is 37.5 Å². The van der Waals surface area contributed by atoms with E-state index in [2.05, 4.69) is 10.1 Å². The Morgan fingerprint density at radius 2 is 1.74 bits per heavy atom. The average Bonchev–Trinajstić information content (AvgIpc) is 2.82. The number of rotatable bonds is 9. The first-order valence-electron chi connectivity index (χ1n) is 11.0. The molecule has 1 amide bonds. The van der Waals surface area contributed by atoms with Gasteiger partial charge in [0.2, 0.25) is 5.91 Å². The van der Waals surface area contributed by atoms with E-state index in [1.54, 1.807) is 24.3 Å². The van der Waals surface area contributed by atoms with Crippen molar-refractivity contribution in [3.8, 4) is 17.2 Å². The second kappa shape index (κ2) is 11.2. The van der Waals surface area contributed by atoms with Crippen LogP contribution in [0.5, 0.6) is 17.2 Å². The van der Waals surface area contributed by atoms with Crippen molar-refractivity contribution in [2.24, 2.45) is 0 Å². The maximum atomic E-state index is 12.4. The topological polar surface area (TPSA) is 94.1 Å². The van der Waals surface area contributed by atoms with E-state index >= 15 is 0 Å². The first-order valence-corrected chi connectivity index (χ1v) is 11.0. The van der Waals surface area contributed by atoms with Crippen LogP contribution in [0.25, 0.3) is 6.08 Å². The van der Waals surface area contributed by atoms with E-state index in [-0.39, 0.29) is 12.4 Å². The normalized spacial score (nSPS) is 15.4. The van der Waals surface area contributed by atoms with Crippen LogP contribution in [-0.2, 0) is 16.2 Å². The van der Waals surface area contributed by atoms with Crippen molar-refractivity contribution in [1.82, 2.24) is 5.32 Å². The Kier molecular flexibility index (Phi) is 8.26. The molecule has 0 aromatic heterocycles. The minimum atomic E-state index is -4.75. The number of carbonyl (C=O) groups is 2. The van der Waals surface area contributed by atoms with Gasteiger partial charge in [0, 0.05) is 6.08 Å². The number of halogens is 3. The van der Waals surface area contributed by atoms with Crippen LogP contribution in [0.3, 0.4) is 0 Å². The lowest BCUT2D eigenvalue weighted by molar-refractivity contribution is -0.274. The molecular formula is C25H26F3NO6. The summed E-state index contributed by atoms with van der Waals surface area (Å²) in [6, 6.07) is 10.3. The van der Waals surface area contributed by atoms with Gasteiger partial charge in [-0.15, -0.1) is 13.2 Å². The smallest absolute Gasteiger partial charge is 0.493 e. The quantitative estimate of drug-likeness (QED) is 0.473. The van der Waals surface area contributed by atoms with Gasteiger partial charge in [0.05, 0.1) is 7.11 Å². The van der Waals surface area contributed by atoms with Crippen LogP contribution in [0.1, 0.15) is 43.2 Å². The number of hydrogen-bond acceptors (Lipinski definition) is 5. The van der Waals surface area contributed by atoms with Crippen LogP contribution < -0.4 is 19.5 Å². The SMILES string of the molecule is COc1cc(/C=C/C(=O)NC2(C(=O)O)CCCCC2)ccc1OCc1ccc(OC(F)(F)F)cc1. The van der Waals surface area contributed by atoms with Crippen molar-refractivity contribution >= 4 is 18.0 Å². The molecule has 188 valence electrons. The molecule has 35 heavy (non-hydrogen) atoms. The second-order valence-electron chi connectivity index (χ2n) is 8.16. The van der Waals surface area contributed by atoms with E-state index < -0.39 is 23.8 Å². The standard InChI is InChI=1S/C25H26F3NO6/c1-33-21-15-17(8-12-22(30)29-24(23(31)32)13-3-2-4-14-24)7-11-20(21)34-16-18-5-9-19(10-6-18)35-25(26,27)28/h5-12,15H,2-4,13-14,16H2,1H3,(H,29,30)(H,31,32)/b12-8+. The number of amides is 1. The molecule has 0 aliphatic heterocycles. The molecule has 3 rings (SSSR count). The molecule has 2 aromatic rings. The summed E-state index contributed by atoms with van der Waals surface area (Å²) in [6.45, 7) is 0.0809. The van der Waals surface area contributed by atoms with E-state index in [1.807, 2.05) is 0 Å². The first kappa shape index (κ1) is 25.9. The highest BCUT2D eigenvalue weighted by atomic mass is 19.4. The summed E-state index contributed by atoms with van der Waals surface area (Å²) in [5.74, 6) is -1.05. The number of aliphatic carboxylic acids is 1. The fourth-order valence-corrected chi connectivity index (χ4v) is 3.85. The molecule has 10 heteroatoms. The minimum Gasteiger partial charge on any atom is -0.493 e. The zero-order valence-electron chi connectivity index (χ0n) is 19.1. The number of carboxylic acid groups (broad SMARTS) is 1. The number of hydrogen-bond donors (Lipinski definition) is 2. The number of methoxy groups -OCH3 is 1. The van der Waals surface area contributed by atoms with Gasteiger partial charge in [-0.05, 0) is 54.3 Å². The number of alkyl halides is 3. The van der Waals surface area contributed by atoms with E-state index in [1.165, 1.54) is 37.5 Å². The summed E-state index contributed by atoms with van der Waals surface area (Å²) >= 11 is 0. The van der Waals surface area contributed by atoms with Gasteiger partial charge in [0.1, 0.15) is 17.9 Å². The van der Waals surface area contributed by atoms with Crippen molar-refractivity contribution in [3.05, 3.63) is 59.7 Å². The highest BCUT2D eigenvalue weighted by Gasteiger charge is 2.40. The van der Waals surface area contributed by atoms with Gasteiger partial charge in [0.15, 0.2) is 11.5 Å². The monoisotopic (exact) mass is 493 g/mol. The highest BCUT2D eigenvalue weighted by Crippen LogP contribution is 2.31. The van der Waals surface area contributed by atoms with E-state index in [0.29, 0.717) is 35.5 Å². The van der Waals surface area contributed by atoms with Crippen molar-refractivity contribution in [2.45, 2.75) is 50.6 Å². The number of ether oxygens (including phenoxy) is 3. The highest BCUT2D eigenvalue weighted by molar-refractivity contribution is 5.96. The molecule has 0 atom stereocenters. The van der Waals surface area contributed by atoms with Gasteiger partial charge in [-0.3, -0.25) is 4.79 Å². The van der Waals surface area contributed by atoms with Crippen molar-refractivity contribution < 1.29 is 42.1 Å². The van der Waals surface area contributed by atoms with Gasteiger partial charge in [0.25, 0.3) is 0 Å². The number of carboxylic acids is 1. The maximum absolute atomic E-state index is 12.4. The molecule has 0 unspecified atom stereocenters. The van der Waals surface area contributed by atoms with Crippen LogP contribution in [0.2, 0.25) is 0 Å². The summed E-state index contributed by atoms with van der Waals surface area (Å²) in [7, 11) is 1.45. The Balaban J connectivity index is 1.61. The van der Waals surface area contributed by atoms with E-state index in [9.17, 15) is 27.9 Å². The Hall–Kier alpha value is -3.69. The molecule has 0 bridgehead atoms. The molecule has 1 saturated carbocycles. The summed E-state index contributed by atoms with van der Waals surface area (Å²) < 4.78 is 51.7. The van der Waals surface area contributed by atoms with Crippen LogP contribution in [0.15, 0.2) is 48.5 Å². The summed E-state index contributed by atoms with van der Waals surface area (Å²) in [5.41, 5.74) is 0.0230. The zero-order chi connectivity index (χ0) is 25.5. The van der Waals surface area contributed by atoms with Crippen molar-refractivity contribution in [1.29, 1.82) is 0 Å². The Labute approximate surface area is 200 Å². The minimum absolute atomic E-state index is 0.0809. The molecule has 2 aromatic carbocycles. The molecule has 0 spiro atoms. The lowest BCUT2D eigenvalue weighted by Crippen LogP contribution is -2.55. The molecule has 1 fully saturated rings. The van der Waals surface area contributed by atoms with E-state index in [0.717, 1.165) is 19.3 Å². The lowest BCUT2D eigenvalue weighted by Gasteiger charge is -2.33.